The van der Waals surface area contributed by atoms with Crippen LogP contribution in [-0.2, 0) is 35.5 Å². The lowest BCUT2D eigenvalue weighted by atomic mass is 9.96. The lowest BCUT2D eigenvalue weighted by molar-refractivity contribution is -0.133. The molecule has 0 saturated carbocycles. The minimum atomic E-state index is -0.881. The largest absolute Gasteiger partial charge is 0.368 e. The predicted octanol–water partition coefficient (Wildman–Crippen LogP) is 2.38. The molecule has 0 heterocycles. The number of primary amides is 1. The number of amides is 4. The Balaban J connectivity index is 2.68. The summed E-state index contributed by atoms with van der Waals surface area (Å²) in [6, 6.07) is 5.50. The van der Waals surface area contributed by atoms with Crippen LogP contribution >= 0.6 is 23.5 Å². The van der Waals surface area contributed by atoms with E-state index in [0.29, 0.717) is 48.7 Å². The third kappa shape index (κ3) is 14.6. The molecule has 12 heteroatoms. The quantitative estimate of drug-likeness (QED) is 0.103. The summed E-state index contributed by atoms with van der Waals surface area (Å²) in [4.78, 5) is 60.8. The topological polar surface area (TPSA) is 159 Å². The highest BCUT2D eigenvalue weighted by molar-refractivity contribution is 7.98. The molecule has 5 atom stereocenters. The van der Waals surface area contributed by atoms with Gasteiger partial charge in [-0.1, -0.05) is 58.4 Å². The number of carbonyl (C=O) groups excluding carboxylic acids is 5. The molecule has 0 spiro atoms. The van der Waals surface area contributed by atoms with Gasteiger partial charge >= 0.3 is 0 Å². The Morgan fingerprint density at radius 3 is 2.12 bits per heavy atom. The fourth-order valence-corrected chi connectivity index (χ4v) is 5.96. The minimum absolute atomic E-state index is 0.137. The average Bonchev–Trinajstić information content (AvgIpc) is 2.95. The summed E-state index contributed by atoms with van der Waals surface area (Å²) in [5.41, 5.74) is 7.82. The first-order valence-corrected chi connectivity index (χ1v) is 16.8. The molecule has 0 saturated heterocycles. The lowest BCUT2D eigenvalue weighted by Gasteiger charge is -2.28. The number of nitrogens with two attached hydrogens (primary N) is 1. The summed E-state index contributed by atoms with van der Waals surface area (Å²) < 4.78 is 0. The van der Waals surface area contributed by atoms with Crippen LogP contribution in [0.15, 0.2) is 24.3 Å². The summed E-state index contributed by atoms with van der Waals surface area (Å²) >= 11 is 3.12. The van der Waals surface area contributed by atoms with Crippen LogP contribution in [0.5, 0.6) is 0 Å². The van der Waals surface area contributed by atoms with E-state index in [2.05, 4.69) is 27.3 Å². The van der Waals surface area contributed by atoms with E-state index >= 15 is 0 Å². The van der Waals surface area contributed by atoms with Crippen LogP contribution in [0, 0.1) is 11.8 Å². The molecule has 236 valence electrons. The van der Waals surface area contributed by atoms with Crippen LogP contribution in [0.3, 0.4) is 0 Å². The number of thioether (sulfide) groups is 2. The molecule has 0 bridgehead atoms. The van der Waals surface area contributed by atoms with Gasteiger partial charge in [0.05, 0.1) is 12.1 Å². The normalized spacial score (nSPS) is 14.7. The van der Waals surface area contributed by atoms with Crippen molar-refractivity contribution in [2.45, 2.75) is 89.6 Å². The molecule has 42 heavy (non-hydrogen) atoms. The first-order chi connectivity index (χ1) is 19.9. The molecule has 0 aromatic heterocycles. The van der Waals surface area contributed by atoms with Crippen LogP contribution in [0.1, 0.15) is 65.0 Å². The molecule has 1 rings (SSSR count). The molecule has 0 radical (unpaired) electrons. The second kappa shape index (κ2) is 20.4. The second-order valence-electron chi connectivity index (χ2n) is 10.9. The van der Waals surface area contributed by atoms with Gasteiger partial charge in [0.15, 0.2) is 0 Å². The smallest absolute Gasteiger partial charge is 0.243 e. The van der Waals surface area contributed by atoms with E-state index in [1.165, 1.54) is 11.8 Å². The molecular formula is C30H49N5O5S2. The molecule has 6 N–H and O–H groups in total. The summed E-state index contributed by atoms with van der Waals surface area (Å²) in [7, 11) is 1.72. The van der Waals surface area contributed by atoms with Gasteiger partial charge in [-0.05, 0) is 43.4 Å². The first kappa shape index (κ1) is 37.5. The predicted molar refractivity (Wildman–Crippen MR) is 172 cm³/mol. The van der Waals surface area contributed by atoms with E-state index in [4.69, 9.17) is 5.73 Å². The Morgan fingerprint density at radius 1 is 0.929 bits per heavy atom. The second-order valence-corrected chi connectivity index (χ2v) is 13.1. The van der Waals surface area contributed by atoms with E-state index in [1.54, 1.807) is 25.7 Å². The van der Waals surface area contributed by atoms with Crippen LogP contribution in [0.2, 0.25) is 0 Å². The molecule has 0 unspecified atom stereocenters. The third-order valence-electron chi connectivity index (χ3n) is 6.70. The van der Waals surface area contributed by atoms with Crippen molar-refractivity contribution >= 4 is 53.4 Å². The third-order valence-corrected chi connectivity index (χ3v) is 8.84. The van der Waals surface area contributed by atoms with Crippen molar-refractivity contribution in [3.8, 4) is 0 Å². The molecule has 0 aliphatic carbocycles. The van der Waals surface area contributed by atoms with Gasteiger partial charge in [0, 0.05) is 29.4 Å². The Bertz CT molecular complexity index is 1030. The zero-order valence-corrected chi connectivity index (χ0v) is 27.4. The van der Waals surface area contributed by atoms with Crippen molar-refractivity contribution < 1.29 is 24.0 Å². The summed E-state index contributed by atoms with van der Waals surface area (Å²) in [5.74, 6) is 1.02. The van der Waals surface area contributed by atoms with E-state index in [1.807, 2.05) is 45.9 Å². The summed E-state index contributed by atoms with van der Waals surface area (Å²) in [6.07, 6.45) is 2.35. The maximum absolute atomic E-state index is 13.2. The van der Waals surface area contributed by atoms with Gasteiger partial charge in [0.25, 0.3) is 0 Å². The lowest BCUT2D eigenvalue weighted by Crippen LogP contribution is -2.58. The van der Waals surface area contributed by atoms with E-state index < -0.39 is 36.0 Å². The minimum Gasteiger partial charge on any atom is -0.368 e. The number of benzene rings is 1. The van der Waals surface area contributed by atoms with Crippen molar-refractivity contribution in [3.63, 3.8) is 0 Å². The summed E-state index contributed by atoms with van der Waals surface area (Å²) in [6.45, 7) is 9.54. The molecule has 1 aromatic rings. The molecular weight excluding hydrogens is 574 g/mol. The standard InChI is InChI=1S/C30H49N5O5S2/c1-7-20(4)27(35-29(39)24(32-6)13-19(2)3)30(40)34-25(28(31)38)18-42-17-23-10-8-9-22(14-23)16-41-12-11-26(37)33-21(5)15-36/h8-10,14-15,19-21,24-25,27,32H,7,11-13,16-18H2,1-6H3,(H2,31,38)(H,33,37)(H,34,40)(H,35,39)/t20-,21-,24-,25-,27-/m0/s1. The maximum atomic E-state index is 13.2. The van der Waals surface area contributed by atoms with Gasteiger partial charge in [0.1, 0.15) is 18.4 Å². The zero-order valence-electron chi connectivity index (χ0n) is 25.7. The SMILES string of the molecule is CC[C@H](C)[C@H](NC(=O)[C@H](CC(C)C)NC)C(=O)N[C@@H](CSCc1cccc(CSCCC(=O)N[C@@H](C)C=O)c1)C(N)=O. The van der Waals surface area contributed by atoms with Crippen LogP contribution in [0.25, 0.3) is 0 Å². The number of rotatable bonds is 21. The van der Waals surface area contributed by atoms with Crippen molar-refractivity contribution in [1.82, 2.24) is 21.3 Å². The van der Waals surface area contributed by atoms with Gasteiger partial charge in [-0.3, -0.25) is 19.2 Å². The van der Waals surface area contributed by atoms with E-state index in [-0.39, 0.29) is 17.7 Å². The molecule has 0 aliphatic heterocycles. The number of carbonyl (C=O) groups is 5. The van der Waals surface area contributed by atoms with Crippen molar-refractivity contribution in [1.29, 1.82) is 0 Å². The average molecular weight is 624 g/mol. The van der Waals surface area contributed by atoms with E-state index in [9.17, 15) is 24.0 Å². The molecule has 10 nitrogen and oxygen atoms in total. The summed E-state index contributed by atoms with van der Waals surface area (Å²) in [5, 5.41) is 11.3. The van der Waals surface area contributed by atoms with Crippen LogP contribution in [-0.4, -0.2) is 72.6 Å². The van der Waals surface area contributed by atoms with Gasteiger partial charge in [0.2, 0.25) is 23.6 Å². The Morgan fingerprint density at radius 2 is 1.57 bits per heavy atom. The Hall–Kier alpha value is -2.57. The highest BCUT2D eigenvalue weighted by atomic mass is 32.2. The fraction of sp³-hybridized carbons (Fsp3) is 0.633. The van der Waals surface area contributed by atoms with Gasteiger partial charge in [-0.25, -0.2) is 0 Å². The first-order valence-electron chi connectivity index (χ1n) is 14.5. The Kier molecular flexibility index (Phi) is 18.2. The number of nitrogens with one attached hydrogen (secondary N) is 4. The number of likely N-dealkylation sites (N-methyl/N-ethyl adjacent to an activating group) is 1. The van der Waals surface area contributed by atoms with Gasteiger partial charge < -0.3 is 31.8 Å². The highest BCUT2D eigenvalue weighted by Gasteiger charge is 2.31. The maximum Gasteiger partial charge on any atom is 0.243 e. The van der Waals surface area contributed by atoms with Gasteiger partial charge in [-0.15, -0.1) is 0 Å². The van der Waals surface area contributed by atoms with Crippen molar-refractivity contribution in [2.24, 2.45) is 17.6 Å². The number of hydrogen-bond donors (Lipinski definition) is 5. The Labute approximate surface area is 259 Å². The van der Waals surface area contributed by atoms with Crippen molar-refractivity contribution in [3.05, 3.63) is 35.4 Å². The number of aldehydes is 1. The molecule has 4 amide bonds. The molecule has 0 aliphatic rings. The molecule has 0 fully saturated rings. The number of hydrogen-bond acceptors (Lipinski definition) is 8. The highest BCUT2D eigenvalue weighted by Crippen LogP contribution is 2.19. The van der Waals surface area contributed by atoms with Gasteiger partial charge in [-0.2, -0.15) is 23.5 Å². The van der Waals surface area contributed by atoms with Crippen LogP contribution in [0.4, 0.5) is 0 Å². The van der Waals surface area contributed by atoms with E-state index in [0.717, 1.165) is 16.9 Å². The monoisotopic (exact) mass is 623 g/mol. The van der Waals surface area contributed by atoms with Crippen molar-refractivity contribution in [2.75, 3.05) is 18.6 Å². The van der Waals surface area contributed by atoms with Crippen LogP contribution < -0.4 is 27.0 Å². The zero-order chi connectivity index (χ0) is 31.7. The fourth-order valence-electron chi connectivity index (χ4n) is 4.06. The molecule has 1 aromatic carbocycles.